The number of furan rings is 1. The molecule has 0 radical (unpaired) electrons. The second kappa shape index (κ2) is 5.31. The molecule has 5 nitrogen and oxygen atoms in total. The first-order chi connectivity index (χ1) is 10.2. The zero-order valence-electron chi connectivity index (χ0n) is 10.6. The number of amides is 2. The maximum Gasteiger partial charge on any atom is 0.290 e. The molecule has 6 heteroatoms. The molecule has 0 aliphatic carbocycles. The van der Waals surface area contributed by atoms with E-state index < -0.39 is 11.1 Å². The predicted octanol–water partition coefficient (Wildman–Crippen LogP) is 3.14. The van der Waals surface area contributed by atoms with Crippen molar-refractivity contribution in [3.8, 4) is 17.4 Å². The highest BCUT2D eigenvalue weighted by atomic mass is 32.2. The van der Waals surface area contributed by atoms with Gasteiger partial charge in [-0.25, -0.2) is 0 Å². The topological polar surface area (TPSA) is 83.1 Å². The van der Waals surface area contributed by atoms with Gasteiger partial charge in [0.1, 0.15) is 11.5 Å². The highest BCUT2D eigenvalue weighted by Gasteiger charge is 2.25. The van der Waals surface area contributed by atoms with Crippen LogP contribution < -0.4 is 5.32 Å². The molecule has 0 bridgehead atoms. The summed E-state index contributed by atoms with van der Waals surface area (Å²) < 4.78 is 5.63. The van der Waals surface area contributed by atoms with Crippen molar-refractivity contribution in [2.75, 3.05) is 0 Å². The molecular formula is C15H8N2O3S. The van der Waals surface area contributed by atoms with Crippen molar-refractivity contribution in [3.63, 3.8) is 0 Å². The molecule has 2 amide bonds. The lowest BCUT2D eigenvalue weighted by molar-refractivity contribution is -0.115. The molecule has 1 aliphatic heterocycles. The number of carbonyl (C=O) groups is 2. The fraction of sp³-hybridized carbons (Fsp3) is 0. The summed E-state index contributed by atoms with van der Waals surface area (Å²) in [6.45, 7) is 0. The van der Waals surface area contributed by atoms with E-state index in [1.165, 1.54) is 6.08 Å². The Morgan fingerprint density at radius 1 is 1.19 bits per heavy atom. The fourth-order valence-corrected chi connectivity index (χ4v) is 2.58. The molecule has 1 fully saturated rings. The number of nitriles is 1. The number of rotatable bonds is 2. The summed E-state index contributed by atoms with van der Waals surface area (Å²) in [4.78, 5) is 22.8. The molecule has 102 valence electrons. The first-order valence-electron chi connectivity index (χ1n) is 6.01. The molecule has 21 heavy (non-hydrogen) atoms. The summed E-state index contributed by atoms with van der Waals surface area (Å²) in [6.07, 6.45) is 1.50. The van der Waals surface area contributed by atoms with Crippen molar-refractivity contribution in [2.24, 2.45) is 0 Å². The van der Waals surface area contributed by atoms with E-state index in [2.05, 4.69) is 11.4 Å². The van der Waals surface area contributed by atoms with Gasteiger partial charge in [-0.1, -0.05) is 12.1 Å². The van der Waals surface area contributed by atoms with Crippen molar-refractivity contribution < 1.29 is 14.0 Å². The summed E-state index contributed by atoms with van der Waals surface area (Å²) >= 11 is 0.830. The summed E-state index contributed by atoms with van der Waals surface area (Å²) in [6, 6.07) is 12.6. The average molecular weight is 296 g/mol. The maximum absolute atomic E-state index is 11.5. The SMILES string of the molecule is N#Cc1ccccc1-c1ccc(C=C2SC(=O)NC2=O)o1. The number of thioether (sulfide) groups is 1. The van der Waals surface area contributed by atoms with Crippen LogP contribution >= 0.6 is 11.8 Å². The summed E-state index contributed by atoms with van der Waals surface area (Å²) in [5.74, 6) is 0.555. The minimum Gasteiger partial charge on any atom is -0.457 e. The Bertz CT molecular complexity index is 814. The number of hydrogen-bond donors (Lipinski definition) is 1. The molecule has 0 unspecified atom stereocenters. The predicted molar refractivity (Wildman–Crippen MR) is 78.0 cm³/mol. The quantitative estimate of drug-likeness (QED) is 0.861. The summed E-state index contributed by atoms with van der Waals surface area (Å²) in [7, 11) is 0. The normalized spacial score (nSPS) is 16.0. The maximum atomic E-state index is 11.5. The molecule has 1 aliphatic rings. The van der Waals surface area contributed by atoms with Gasteiger partial charge in [0.2, 0.25) is 0 Å². The van der Waals surface area contributed by atoms with Gasteiger partial charge in [-0.15, -0.1) is 0 Å². The molecule has 0 saturated carbocycles. The Morgan fingerprint density at radius 2 is 2.00 bits per heavy atom. The Hall–Kier alpha value is -2.78. The lowest BCUT2D eigenvalue weighted by Crippen LogP contribution is -2.17. The van der Waals surface area contributed by atoms with Crippen LogP contribution in [-0.4, -0.2) is 11.1 Å². The zero-order chi connectivity index (χ0) is 14.8. The number of nitrogens with one attached hydrogen (secondary N) is 1. The van der Waals surface area contributed by atoms with E-state index in [-0.39, 0.29) is 4.91 Å². The van der Waals surface area contributed by atoms with Gasteiger partial charge in [0.05, 0.1) is 16.5 Å². The lowest BCUT2D eigenvalue weighted by Gasteiger charge is -1.98. The van der Waals surface area contributed by atoms with E-state index in [0.717, 1.165) is 11.8 Å². The van der Waals surface area contributed by atoms with E-state index in [4.69, 9.17) is 9.68 Å². The van der Waals surface area contributed by atoms with Crippen LogP contribution in [0.4, 0.5) is 4.79 Å². The molecule has 3 rings (SSSR count). The first kappa shape index (κ1) is 13.2. The second-order valence-corrected chi connectivity index (χ2v) is 5.23. The first-order valence-corrected chi connectivity index (χ1v) is 6.83. The third-order valence-electron chi connectivity index (χ3n) is 2.86. The molecule has 1 N–H and O–H groups in total. The molecule has 1 aromatic carbocycles. The van der Waals surface area contributed by atoms with Crippen LogP contribution in [-0.2, 0) is 4.79 Å². The van der Waals surface area contributed by atoms with Gasteiger partial charge in [0.15, 0.2) is 0 Å². The van der Waals surface area contributed by atoms with Gasteiger partial charge in [-0.05, 0) is 36.0 Å². The standard InChI is InChI=1S/C15H8N2O3S/c16-8-9-3-1-2-4-11(9)12-6-5-10(20-12)7-13-14(18)17-15(19)21-13/h1-7H,(H,17,18,19). The number of nitrogens with zero attached hydrogens (tertiary/aromatic N) is 1. The van der Waals surface area contributed by atoms with E-state index in [0.29, 0.717) is 22.6 Å². The molecule has 1 aromatic heterocycles. The van der Waals surface area contributed by atoms with E-state index in [1.54, 1.807) is 30.3 Å². The largest absolute Gasteiger partial charge is 0.457 e. The molecule has 2 aromatic rings. The minimum absolute atomic E-state index is 0.287. The minimum atomic E-state index is -0.430. The van der Waals surface area contributed by atoms with Crippen LogP contribution in [0.15, 0.2) is 45.7 Å². The Kier molecular flexibility index (Phi) is 3.34. The zero-order valence-corrected chi connectivity index (χ0v) is 11.4. The van der Waals surface area contributed by atoms with Crippen LogP contribution in [0.1, 0.15) is 11.3 Å². The van der Waals surface area contributed by atoms with Gasteiger partial charge < -0.3 is 4.42 Å². The van der Waals surface area contributed by atoms with E-state index in [1.807, 2.05) is 6.07 Å². The fourth-order valence-electron chi connectivity index (χ4n) is 1.92. The molecule has 1 saturated heterocycles. The Morgan fingerprint density at radius 3 is 2.71 bits per heavy atom. The Balaban J connectivity index is 1.94. The highest BCUT2D eigenvalue weighted by molar-refractivity contribution is 8.18. The van der Waals surface area contributed by atoms with Crippen molar-refractivity contribution in [1.82, 2.24) is 5.32 Å². The number of carbonyl (C=O) groups excluding carboxylic acids is 2. The van der Waals surface area contributed by atoms with Crippen molar-refractivity contribution in [2.45, 2.75) is 0 Å². The smallest absolute Gasteiger partial charge is 0.290 e. The van der Waals surface area contributed by atoms with Gasteiger partial charge in [-0.3, -0.25) is 14.9 Å². The van der Waals surface area contributed by atoms with E-state index >= 15 is 0 Å². The van der Waals surface area contributed by atoms with Crippen molar-refractivity contribution in [3.05, 3.63) is 52.6 Å². The molecule has 0 spiro atoms. The van der Waals surface area contributed by atoms with Gasteiger partial charge in [-0.2, -0.15) is 5.26 Å². The van der Waals surface area contributed by atoms with Gasteiger partial charge in [0, 0.05) is 11.6 Å². The lowest BCUT2D eigenvalue weighted by atomic mass is 10.1. The van der Waals surface area contributed by atoms with Crippen LogP contribution in [0.2, 0.25) is 0 Å². The highest BCUT2D eigenvalue weighted by Crippen LogP contribution is 2.29. The third kappa shape index (κ3) is 2.59. The Labute approximate surface area is 124 Å². The second-order valence-electron chi connectivity index (χ2n) is 4.21. The molecule has 0 atom stereocenters. The summed E-state index contributed by atoms with van der Waals surface area (Å²) in [5.41, 5.74) is 1.19. The van der Waals surface area contributed by atoms with Crippen LogP contribution in [0.5, 0.6) is 0 Å². The van der Waals surface area contributed by atoms with Gasteiger partial charge >= 0.3 is 0 Å². The molecule has 2 heterocycles. The van der Waals surface area contributed by atoms with Crippen molar-refractivity contribution in [1.29, 1.82) is 5.26 Å². The molecular weight excluding hydrogens is 288 g/mol. The third-order valence-corrected chi connectivity index (χ3v) is 3.67. The monoisotopic (exact) mass is 296 g/mol. The van der Waals surface area contributed by atoms with Crippen LogP contribution in [0, 0.1) is 11.3 Å². The van der Waals surface area contributed by atoms with Crippen molar-refractivity contribution >= 4 is 29.0 Å². The number of hydrogen-bond acceptors (Lipinski definition) is 5. The summed E-state index contributed by atoms with van der Waals surface area (Å²) in [5, 5.41) is 10.9. The average Bonchev–Trinajstić information content (AvgIpc) is 3.06. The number of benzene rings is 1. The van der Waals surface area contributed by atoms with Gasteiger partial charge in [0.25, 0.3) is 11.1 Å². The van der Waals surface area contributed by atoms with E-state index in [9.17, 15) is 9.59 Å². The van der Waals surface area contributed by atoms with Crippen LogP contribution in [0.25, 0.3) is 17.4 Å². The van der Waals surface area contributed by atoms with Crippen LogP contribution in [0.3, 0.4) is 0 Å². The number of imide groups is 1.